The molecule has 3 aromatic rings. The van der Waals surface area contributed by atoms with Crippen LogP contribution < -0.4 is 11.1 Å². The van der Waals surface area contributed by atoms with E-state index in [9.17, 15) is 10.1 Å². The molecule has 0 spiro atoms. The van der Waals surface area contributed by atoms with Crippen LogP contribution in [-0.4, -0.2) is 34.1 Å². The number of nitriles is 1. The second-order valence-corrected chi connectivity index (χ2v) is 9.88. The fourth-order valence-electron chi connectivity index (χ4n) is 4.10. The van der Waals surface area contributed by atoms with Crippen molar-refractivity contribution in [1.82, 2.24) is 14.9 Å². The van der Waals surface area contributed by atoms with Gasteiger partial charge in [0.2, 0.25) is 11.8 Å². The zero-order valence-corrected chi connectivity index (χ0v) is 19.8. The standard InChI is InChI=1S/C25H30N6O3/c1-25(2,3)13-18-12-22(34-30-18)28-21(32)11-16-6-8-17(9-7-16)23-20(14-26)24(27)31(29-23)19-5-4-10-33-15-19/h6-9,12,19H,4-5,10-11,13,15,27H2,1-3H3,(H,28,32). The first-order chi connectivity index (χ1) is 16.2. The number of hydrogen-bond acceptors (Lipinski definition) is 7. The van der Waals surface area contributed by atoms with Gasteiger partial charge in [-0.3, -0.25) is 10.1 Å². The zero-order valence-electron chi connectivity index (χ0n) is 19.8. The molecule has 0 bridgehead atoms. The van der Waals surface area contributed by atoms with E-state index in [1.807, 2.05) is 24.3 Å². The molecule has 34 heavy (non-hydrogen) atoms. The SMILES string of the molecule is CC(C)(C)Cc1cc(NC(=O)Cc2ccc(-c3nn(C4CCCOC4)c(N)c3C#N)cc2)on1. The summed E-state index contributed by atoms with van der Waals surface area (Å²) in [6.07, 6.45) is 2.78. The van der Waals surface area contributed by atoms with E-state index in [0.29, 0.717) is 29.6 Å². The van der Waals surface area contributed by atoms with Crippen LogP contribution in [-0.2, 0) is 22.4 Å². The van der Waals surface area contributed by atoms with Crippen LogP contribution in [0, 0.1) is 16.7 Å². The van der Waals surface area contributed by atoms with Crippen LogP contribution in [0.1, 0.15) is 56.5 Å². The fourth-order valence-corrected chi connectivity index (χ4v) is 4.10. The summed E-state index contributed by atoms with van der Waals surface area (Å²) in [5, 5.41) is 21.1. The average Bonchev–Trinajstić information content (AvgIpc) is 3.36. The minimum atomic E-state index is -0.199. The van der Waals surface area contributed by atoms with Crippen molar-refractivity contribution < 1.29 is 14.1 Å². The third-order valence-corrected chi connectivity index (χ3v) is 5.67. The second-order valence-electron chi connectivity index (χ2n) is 9.88. The molecule has 1 atom stereocenters. The molecule has 178 valence electrons. The lowest BCUT2D eigenvalue weighted by atomic mass is 9.91. The van der Waals surface area contributed by atoms with E-state index in [2.05, 4.69) is 42.4 Å². The molecule has 1 unspecified atom stereocenters. The van der Waals surface area contributed by atoms with Crippen molar-refractivity contribution in [2.24, 2.45) is 5.41 Å². The topological polar surface area (TPSA) is 132 Å². The molecule has 9 heteroatoms. The van der Waals surface area contributed by atoms with Crippen molar-refractivity contribution in [3.63, 3.8) is 0 Å². The van der Waals surface area contributed by atoms with Gasteiger partial charge >= 0.3 is 0 Å². The summed E-state index contributed by atoms with van der Waals surface area (Å²) in [6, 6.07) is 11.4. The highest BCUT2D eigenvalue weighted by Gasteiger charge is 2.24. The summed E-state index contributed by atoms with van der Waals surface area (Å²) in [7, 11) is 0. The van der Waals surface area contributed by atoms with Gasteiger partial charge in [0.1, 0.15) is 23.1 Å². The summed E-state index contributed by atoms with van der Waals surface area (Å²) in [5.74, 6) is 0.497. The first kappa shape index (κ1) is 23.5. The molecule has 1 saturated heterocycles. The molecule has 3 heterocycles. The Morgan fingerprint density at radius 1 is 1.32 bits per heavy atom. The Kier molecular flexibility index (Phi) is 6.70. The Morgan fingerprint density at radius 3 is 2.74 bits per heavy atom. The third-order valence-electron chi connectivity index (χ3n) is 5.67. The van der Waals surface area contributed by atoms with Crippen molar-refractivity contribution >= 4 is 17.6 Å². The van der Waals surface area contributed by atoms with Gasteiger partial charge in [0.15, 0.2) is 0 Å². The molecule has 0 saturated carbocycles. The quantitative estimate of drug-likeness (QED) is 0.563. The predicted molar refractivity (Wildman–Crippen MR) is 128 cm³/mol. The smallest absolute Gasteiger partial charge is 0.231 e. The van der Waals surface area contributed by atoms with Crippen molar-refractivity contribution in [3.8, 4) is 17.3 Å². The minimum Gasteiger partial charge on any atom is -0.383 e. The number of nitrogens with one attached hydrogen (secondary N) is 1. The Morgan fingerprint density at radius 2 is 2.09 bits per heavy atom. The van der Waals surface area contributed by atoms with Gasteiger partial charge in [0, 0.05) is 18.2 Å². The first-order valence-corrected chi connectivity index (χ1v) is 11.4. The van der Waals surface area contributed by atoms with Crippen LogP contribution in [0.5, 0.6) is 0 Å². The predicted octanol–water partition coefficient (Wildman–Crippen LogP) is 4.11. The van der Waals surface area contributed by atoms with Gasteiger partial charge in [-0.25, -0.2) is 4.68 Å². The Balaban J connectivity index is 1.43. The number of ether oxygens (including phenoxy) is 1. The van der Waals surface area contributed by atoms with Crippen LogP contribution in [0.25, 0.3) is 11.3 Å². The van der Waals surface area contributed by atoms with E-state index in [1.54, 1.807) is 10.7 Å². The maximum absolute atomic E-state index is 12.5. The lowest BCUT2D eigenvalue weighted by Gasteiger charge is -2.23. The van der Waals surface area contributed by atoms with Gasteiger partial charge in [-0.05, 0) is 30.2 Å². The summed E-state index contributed by atoms with van der Waals surface area (Å²) in [6.45, 7) is 7.62. The molecule has 1 aliphatic heterocycles. The number of nitrogen functional groups attached to an aromatic ring is 1. The van der Waals surface area contributed by atoms with E-state index < -0.39 is 0 Å². The highest BCUT2D eigenvalue weighted by molar-refractivity contribution is 5.91. The van der Waals surface area contributed by atoms with Crippen LogP contribution in [0.4, 0.5) is 11.7 Å². The van der Waals surface area contributed by atoms with Gasteiger partial charge in [-0.1, -0.05) is 50.2 Å². The van der Waals surface area contributed by atoms with Crippen LogP contribution in [0.2, 0.25) is 0 Å². The molecular formula is C25H30N6O3. The Bertz CT molecular complexity index is 1190. The highest BCUT2D eigenvalue weighted by atomic mass is 16.5. The number of hydrogen-bond donors (Lipinski definition) is 2. The first-order valence-electron chi connectivity index (χ1n) is 11.4. The molecule has 3 N–H and O–H groups in total. The summed E-state index contributed by atoms with van der Waals surface area (Å²) >= 11 is 0. The Hall–Kier alpha value is -3.64. The number of carbonyl (C=O) groups is 1. The molecule has 0 radical (unpaired) electrons. The van der Waals surface area contributed by atoms with E-state index in [4.69, 9.17) is 15.0 Å². The van der Waals surface area contributed by atoms with Crippen LogP contribution in [0.3, 0.4) is 0 Å². The van der Waals surface area contributed by atoms with Crippen LogP contribution >= 0.6 is 0 Å². The number of aromatic nitrogens is 3. The number of amides is 1. The maximum Gasteiger partial charge on any atom is 0.231 e. The minimum absolute atomic E-state index is 0.0255. The van der Waals surface area contributed by atoms with Gasteiger partial charge in [0.25, 0.3) is 0 Å². The largest absolute Gasteiger partial charge is 0.383 e. The molecule has 2 aromatic heterocycles. The molecule has 1 aromatic carbocycles. The van der Waals surface area contributed by atoms with Gasteiger partial charge in [-0.2, -0.15) is 10.4 Å². The molecule has 1 amide bonds. The maximum atomic E-state index is 12.5. The van der Waals surface area contributed by atoms with Crippen molar-refractivity contribution in [2.45, 2.75) is 52.5 Å². The monoisotopic (exact) mass is 462 g/mol. The van der Waals surface area contributed by atoms with Crippen molar-refractivity contribution in [2.75, 3.05) is 24.3 Å². The number of anilines is 2. The number of nitrogens with zero attached hydrogens (tertiary/aromatic N) is 4. The fraction of sp³-hybridized carbons (Fsp3) is 0.440. The van der Waals surface area contributed by atoms with Crippen LogP contribution in [0.15, 0.2) is 34.9 Å². The van der Waals surface area contributed by atoms with E-state index >= 15 is 0 Å². The molecule has 4 rings (SSSR count). The summed E-state index contributed by atoms with van der Waals surface area (Å²) < 4.78 is 12.5. The normalized spacial score (nSPS) is 16.2. The lowest BCUT2D eigenvalue weighted by Crippen LogP contribution is -2.23. The summed E-state index contributed by atoms with van der Waals surface area (Å²) in [5.41, 5.74) is 9.61. The summed E-state index contributed by atoms with van der Waals surface area (Å²) in [4.78, 5) is 12.5. The molecule has 1 aliphatic rings. The van der Waals surface area contributed by atoms with Gasteiger partial charge < -0.3 is 15.0 Å². The van der Waals surface area contributed by atoms with Crippen molar-refractivity contribution in [1.29, 1.82) is 5.26 Å². The second kappa shape index (κ2) is 9.69. The molecule has 9 nitrogen and oxygen atoms in total. The third kappa shape index (κ3) is 5.46. The van der Waals surface area contributed by atoms with Gasteiger partial charge in [-0.15, -0.1) is 0 Å². The number of rotatable bonds is 6. The van der Waals surface area contributed by atoms with E-state index in [0.717, 1.165) is 42.7 Å². The van der Waals surface area contributed by atoms with E-state index in [-0.39, 0.29) is 23.8 Å². The van der Waals surface area contributed by atoms with Crippen molar-refractivity contribution in [3.05, 3.63) is 47.2 Å². The van der Waals surface area contributed by atoms with Gasteiger partial charge in [0.05, 0.1) is 24.8 Å². The Labute approximate surface area is 198 Å². The number of nitrogens with two attached hydrogens (primary N) is 1. The molecule has 0 aliphatic carbocycles. The number of benzene rings is 1. The highest BCUT2D eigenvalue weighted by Crippen LogP contribution is 2.31. The zero-order chi connectivity index (χ0) is 24.3. The molecule has 1 fully saturated rings. The lowest BCUT2D eigenvalue weighted by molar-refractivity contribution is -0.115. The van der Waals surface area contributed by atoms with E-state index in [1.165, 1.54) is 0 Å². The molecular weight excluding hydrogens is 432 g/mol. The average molecular weight is 463 g/mol. The number of carbonyl (C=O) groups excluding carboxylic acids is 1.